The zero-order valence-corrected chi connectivity index (χ0v) is 12.2. The fourth-order valence-corrected chi connectivity index (χ4v) is 2.28. The predicted octanol–water partition coefficient (Wildman–Crippen LogP) is 2.73. The van der Waals surface area contributed by atoms with Crippen LogP contribution in [0.15, 0.2) is 18.2 Å². The molecule has 1 aliphatic rings. The van der Waals surface area contributed by atoms with E-state index in [4.69, 9.17) is 9.47 Å². The fourth-order valence-electron chi connectivity index (χ4n) is 2.28. The first-order valence-corrected chi connectivity index (χ1v) is 7.03. The molecular weight excluding hydrogens is 295 g/mol. The average molecular weight is 312 g/mol. The van der Waals surface area contributed by atoms with Crippen LogP contribution in [0.2, 0.25) is 0 Å². The van der Waals surface area contributed by atoms with Crippen LogP contribution in [0, 0.1) is 15.9 Å². The maximum absolute atomic E-state index is 13.1. The lowest BCUT2D eigenvalue weighted by Gasteiger charge is -2.31. The van der Waals surface area contributed by atoms with Gasteiger partial charge in [-0.05, 0) is 19.1 Å². The Morgan fingerprint density at radius 1 is 1.45 bits per heavy atom. The van der Waals surface area contributed by atoms with Gasteiger partial charge in [-0.1, -0.05) is 0 Å². The Morgan fingerprint density at radius 2 is 2.14 bits per heavy atom. The molecule has 0 spiro atoms. The molecule has 1 aromatic carbocycles. The molecule has 7 nitrogen and oxygen atoms in total. The second-order valence-corrected chi connectivity index (χ2v) is 4.87. The molecule has 0 saturated carbocycles. The van der Waals surface area contributed by atoms with Crippen molar-refractivity contribution in [3.63, 3.8) is 0 Å². The van der Waals surface area contributed by atoms with Crippen LogP contribution >= 0.6 is 0 Å². The van der Waals surface area contributed by atoms with Gasteiger partial charge in [0.15, 0.2) is 5.75 Å². The number of nitrogens with zero attached hydrogens (tertiary/aromatic N) is 2. The molecule has 0 aromatic heterocycles. The molecule has 1 aliphatic heterocycles. The Morgan fingerprint density at radius 3 is 2.73 bits per heavy atom. The molecule has 22 heavy (non-hydrogen) atoms. The van der Waals surface area contributed by atoms with E-state index in [0.717, 1.165) is 12.1 Å². The van der Waals surface area contributed by atoms with Gasteiger partial charge in [0.1, 0.15) is 11.9 Å². The minimum Gasteiger partial charge on any atom is -0.483 e. The zero-order valence-electron chi connectivity index (χ0n) is 12.2. The lowest BCUT2D eigenvalue weighted by atomic mass is 10.1. The van der Waals surface area contributed by atoms with Gasteiger partial charge in [0.2, 0.25) is 0 Å². The molecule has 0 atom stereocenters. The lowest BCUT2D eigenvalue weighted by molar-refractivity contribution is -0.386. The second kappa shape index (κ2) is 7.06. The number of halogens is 1. The molecule has 0 radical (unpaired) electrons. The van der Waals surface area contributed by atoms with Crippen LogP contribution in [0.5, 0.6) is 5.75 Å². The van der Waals surface area contributed by atoms with Crippen LogP contribution in [-0.2, 0) is 4.74 Å². The van der Waals surface area contributed by atoms with E-state index in [1.807, 2.05) is 0 Å². The van der Waals surface area contributed by atoms with Crippen molar-refractivity contribution < 1.29 is 23.6 Å². The highest BCUT2D eigenvalue weighted by Gasteiger charge is 2.26. The van der Waals surface area contributed by atoms with E-state index in [-0.39, 0.29) is 17.9 Å². The molecule has 0 unspecified atom stereocenters. The van der Waals surface area contributed by atoms with Gasteiger partial charge in [-0.15, -0.1) is 0 Å². The number of amides is 1. The summed E-state index contributed by atoms with van der Waals surface area (Å²) in [5.41, 5.74) is -0.396. The molecule has 1 heterocycles. The van der Waals surface area contributed by atoms with Gasteiger partial charge in [0, 0.05) is 25.9 Å². The third kappa shape index (κ3) is 3.84. The number of nitro groups is 1. The van der Waals surface area contributed by atoms with Gasteiger partial charge in [-0.3, -0.25) is 10.1 Å². The summed E-state index contributed by atoms with van der Waals surface area (Å²) < 4.78 is 23.6. The van der Waals surface area contributed by atoms with Gasteiger partial charge in [-0.25, -0.2) is 9.18 Å². The maximum atomic E-state index is 13.1. The van der Waals surface area contributed by atoms with Gasteiger partial charge >= 0.3 is 11.8 Å². The van der Waals surface area contributed by atoms with Gasteiger partial charge in [0.05, 0.1) is 17.6 Å². The van der Waals surface area contributed by atoms with E-state index in [1.54, 1.807) is 11.8 Å². The van der Waals surface area contributed by atoms with Gasteiger partial charge in [0.25, 0.3) is 0 Å². The van der Waals surface area contributed by atoms with Crippen LogP contribution < -0.4 is 4.74 Å². The number of rotatable bonds is 4. The molecule has 1 fully saturated rings. The van der Waals surface area contributed by atoms with Crippen LogP contribution in [-0.4, -0.2) is 41.7 Å². The smallest absolute Gasteiger partial charge is 0.409 e. The molecule has 120 valence electrons. The number of ether oxygens (including phenoxy) is 2. The largest absolute Gasteiger partial charge is 0.483 e. The van der Waals surface area contributed by atoms with Crippen molar-refractivity contribution in [2.45, 2.75) is 25.9 Å². The number of likely N-dealkylation sites (tertiary alicyclic amines) is 1. The number of nitro benzene ring substituents is 1. The first kappa shape index (κ1) is 16.0. The fraction of sp³-hybridized carbons (Fsp3) is 0.500. The van der Waals surface area contributed by atoms with E-state index in [9.17, 15) is 19.3 Å². The second-order valence-electron chi connectivity index (χ2n) is 4.87. The molecule has 8 heteroatoms. The van der Waals surface area contributed by atoms with Crippen molar-refractivity contribution in [2.75, 3.05) is 19.7 Å². The molecule has 2 rings (SSSR count). The quantitative estimate of drug-likeness (QED) is 0.630. The summed E-state index contributed by atoms with van der Waals surface area (Å²) in [4.78, 5) is 23.4. The van der Waals surface area contributed by atoms with E-state index in [0.29, 0.717) is 32.5 Å². The van der Waals surface area contributed by atoms with Crippen molar-refractivity contribution in [3.05, 3.63) is 34.1 Å². The average Bonchev–Trinajstić information content (AvgIpc) is 2.50. The molecule has 0 N–H and O–H groups in total. The van der Waals surface area contributed by atoms with Crippen LogP contribution in [0.4, 0.5) is 14.9 Å². The highest BCUT2D eigenvalue weighted by atomic mass is 19.1. The van der Waals surface area contributed by atoms with E-state index in [1.165, 1.54) is 6.07 Å². The van der Waals surface area contributed by atoms with Crippen LogP contribution in [0.1, 0.15) is 19.8 Å². The summed E-state index contributed by atoms with van der Waals surface area (Å²) in [6.07, 6.45) is 0.448. The minimum absolute atomic E-state index is 0.0426. The highest BCUT2D eigenvalue weighted by Crippen LogP contribution is 2.30. The van der Waals surface area contributed by atoms with Gasteiger partial charge < -0.3 is 14.4 Å². The number of carbonyl (C=O) groups is 1. The summed E-state index contributed by atoms with van der Waals surface area (Å²) in [5.74, 6) is -0.642. The molecule has 1 amide bonds. The summed E-state index contributed by atoms with van der Waals surface area (Å²) >= 11 is 0. The molecule has 0 bridgehead atoms. The molecule has 1 aromatic rings. The molecule has 1 saturated heterocycles. The monoisotopic (exact) mass is 312 g/mol. The third-order valence-corrected chi connectivity index (χ3v) is 3.38. The first-order chi connectivity index (χ1) is 10.5. The normalized spacial score (nSPS) is 15.5. The number of piperidine rings is 1. The van der Waals surface area contributed by atoms with Crippen LogP contribution in [0.25, 0.3) is 0 Å². The highest BCUT2D eigenvalue weighted by molar-refractivity contribution is 5.67. The van der Waals surface area contributed by atoms with E-state index >= 15 is 0 Å². The Labute approximate surface area is 126 Å². The summed E-state index contributed by atoms with van der Waals surface area (Å²) in [7, 11) is 0. The van der Waals surface area contributed by atoms with Crippen molar-refractivity contribution in [2.24, 2.45) is 0 Å². The SMILES string of the molecule is CCOC(=O)N1CCC(Oc2ccc(F)cc2[N+](=O)[O-])CC1. The molecular formula is C14H17FN2O5. The van der Waals surface area contributed by atoms with E-state index < -0.39 is 16.4 Å². The van der Waals surface area contributed by atoms with Crippen molar-refractivity contribution >= 4 is 11.8 Å². The third-order valence-electron chi connectivity index (χ3n) is 3.38. The summed E-state index contributed by atoms with van der Waals surface area (Å²) in [5, 5.41) is 10.9. The minimum atomic E-state index is -0.684. The van der Waals surface area contributed by atoms with Crippen molar-refractivity contribution in [1.29, 1.82) is 0 Å². The number of carbonyl (C=O) groups excluding carboxylic acids is 1. The maximum Gasteiger partial charge on any atom is 0.409 e. The number of hydrogen-bond donors (Lipinski definition) is 0. The molecule has 0 aliphatic carbocycles. The number of hydrogen-bond acceptors (Lipinski definition) is 5. The number of benzene rings is 1. The Hall–Kier alpha value is -2.38. The van der Waals surface area contributed by atoms with Crippen LogP contribution in [0.3, 0.4) is 0 Å². The standard InChI is InChI=1S/C14H17FN2O5/c1-2-21-14(18)16-7-5-11(6-8-16)22-13-4-3-10(15)9-12(13)17(19)20/h3-4,9,11H,2,5-8H2,1H3. The zero-order chi connectivity index (χ0) is 16.1. The summed E-state index contributed by atoms with van der Waals surface area (Å²) in [6.45, 7) is 2.97. The van der Waals surface area contributed by atoms with Crippen molar-refractivity contribution in [3.8, 4) is 5.75 Å². The first-order valence-electron chi connectivity index (χ1n) is 7.03. The Kier molecular flexibility index (Phi) is 5.13. The predicted molar refractivity (Wildman–Crippen MR) is 75.3 cm³/mol. The van der Waals surface area contributed by atoms with Gasteiger partial charge in [-0.2, -0.15) is 0 Å². The Balaban J connectivity index is 1.96. The van der Waals surface area contributed by atoms with Crippen molar-refractivity contribution in [1.82, 2.24) is 4.90 Å². The Bertz CT molecular complexity index is 558. The topological polar surface area (TPSA) is 81.9 Å². The summed E-state index contributed by atoms with van der Waals surface area (Å²) in [6, 6.07) is 3.21. The van der Waals surface area contributed by atoms with E-state index in [2.05, 4.69) is 0 Å². The lowest BCUT2D eigenvalue weighted by Crippen LogP contribution is -2.42.